The van der Waals surface area contributed by atoms with Gasteiger partial charge in [-0.25, -0.2) is 0 Å². The largest absolute Gasteiger partial charge is 0.284 e. The molecule has 68 valence electrons. The van der Waals surface area contributed by atoms with Crippen molar-refractivity contribution in [2.75, 3.05) is 6.26 Å². The second-order valence-electron chi connectivity index (χ2n) is 2.62. The highest BCUT2D eigenvalue weighted by Crippen LogP contribution is 2.13. The lowest BCUT2D eigenvalue weighted by Gasteiger charge is -1.97. The van der Waals surface area contributed by atoms with Gasteiger partial charge in [0.05, 0.1) is 10.8 Å². The summed E-state index contributed by atoms with van der Waals surface area (Å²) in [7, 11) is 0. The highest BCUT2D eigenvalue weighted by Gasteiger charge is 2.03. The highest BCUT2D eigenvalue weighted by atomic mass is 35.5. The Hall–Kier alpha value is -0.740. The van der Waals surface area contributed by atoms with E-state index in [1.807, 2.05) is 29.0 Å². The van der Waals surface area contributed by atoms with Gasteiger partial charge in [0.25, 0.3) is 0 Å². The molecule has 0 saturated carbocycles. The molecule has 0 radical (unpaired) electrons. The number of thioether (sulfide) groups is 1. The molecule has 2 aromatic rings. The van der Waals surface area contributed by atoms with Crippen LogP contribution in [0.15, 0.2) is 18.3 Å². The van der Waals surface area contributed by atoms with Crippen LogP contribution in [0.3, 0.4) is 0 Å². The van der Waals surface area contributed by atoms with Crippen LogP contribution in [-0.2, 0) is 5.75 Å². The molecular weight excluding hydrogens is 206 g/mol. The van der Waals surface area contributed by atoms with Crippen LogP contribution in [0, 0.1) is 0 Å². The third-order valence-electron chi connectivity index (χ3n) is 1.71. The molecule has 0 aromatic carbocycles. The molecule has 0 fully saturated rings. The minimum Gasteiger partial charge on any atom is -0.284 e. The summed E-state index contributed by atoms with van der Waals surface area (Å²) >= 11 is 7.58. The van der Waals surface area contributed by atoms with Crippen LogP contribution in [-0.4, -0.2) is 20.9 Å². The van der Waals surface area contributed by atoms with Crippen LogP contribution in [0.2, 0.25) is 5.02 Å². The molecule has 0 saturated heterocycles. The number of nitrogens with zero attached hydrogens (tertiary/aromatic N) is 3. The number of hydrogen-bond acceptors (Lipinski definition) is 3. The molecule has 2 aromatic heterocycles. The Labute approximate surface area is 85.1 Å². The van der Waals surface area contributed by atoms with Crippen LogP contribution < -0.4 is 0 Å². The standard InChI is InChI=1S/C8H8ClN3S/c1-13-5-8-11-10-7-3-2-6(9)4-12(7)8/h2-4H,5H2,1H3. The zero-order valence-electron chi connectivity index (χ0n) is 7.07. The first-order valence-corrected chi connectivity index (χ1v) is 5.56. The Balaban J connectivity index is 2.58. The van der Waals surface area contributed by atoms with Gasteiger partial charge in [-0.2, -0.15) is 11.8 Å². The van der Waals surface area contributed by atoms with Crippen LogP contribution in [0.5, 0.6) is 0 Å². The summed E-state index contributed by atoms with van der Waals surface area (Å²) in [6.07, 6.45) is 3.87. The predicted molar refractivity (Wildman–Crippen MR) is 55.2 cm³/mol. The Bertz CT molecular complexity index is 426. The topological polar surface area (TPSA) is 30.2 Å². The second kappa shape index (κ2) is 3.55. The number of halogens is 1. The van der Waals surface area contributed by atoms with Gasteiger partial charge >= 0.3 is 0 Å². The quantitative estimate of drug-likeness (QED) is 0.767. The Morgan fingerprint density at radius 2 is 2.31 bits per heavy atom. The average Bonchev–Trinajstić information content (AvgIpc) is 2.49. The van der Waals surface area contributed by atoms with E-state index in [0.717, 1.165) is 17.2 Å². The van der Waals surface area contributed by atoms with Crippen molar-refractivity contribution in [2.24, 2.45) is 0 Å². The van der Waals surface area contributed by atoms with Crippen molar-refractivity contribution in [3.8, 4) is 0 Å². The number of pyridine rings is 1. The van der Waals surface area contributed by atoms with Crippen LogP contribution in [0.25, 0.3) is 5.65 Å². The molecule has 0 unspecified atom stereocenters. The summed E-state index contributed by atoms with van der Waals surface area (Å²) in [4.78, 5) is 0. The van der Waals surface area contributed by atoms with Gasteiger partial charge in [0, 0.05) is 6.20 Å². The Morgan fingerprint density at radius 1 is 1.46 bits per heavy atom. The summed E-state index contributed by atoms with van der Waals surface area (Å²) in [5.74, 6) is 1.78. The molecule has 0 aliphatic rings. The highest BCUT2D eigenvalue weighted by molar-refractivity contribution is 7.97. The number of rotatable bonds is 2. The molecule has 2 rings (SSSR count). The van der Waals surface area contributed by atoms with E-state index in [4.69, 9.17) is 11.6 Å². The van der Waals surface area contributed by atoms with Gasteiger partial charge in [-0.05, 0) is 18.4 Å². The molecule has 5 heteroatoms. The first kappa shape index (κ1) is 8.84. The molecule has 0 spiro atoms. The van der Waals surface area contributed by atoms with E-state index >= 15 is 0 Å². The summed E-state index contributed by atoms with van der Waals surface area (Å²) < 4.78 is 1.92. The van der Waals surface area contributed by atoms with E-state index < -0.39 is 0 Å². The Morgan fingerprint density at radius 3 is 3.08 bits per heavy atom. The lowest BCUT2D eigenvalue weighted by atomic mass is 10.5. The number of hydrogen-bond donors (Lipinski definition) is 0. The third kappa shape index (κ3) is 1.64. The van der Waals surface area contributed by atoms with E-state index in [9.17, 15) is 0 Å². The van der Waals surface area contributed by atoms with Crippen molar-refractivity contribution in [3.63, 3.8) is 0 Å². The summed E-state index contributed by atoms with van der Waals surface area (Å²) in [6, 6.07) is 3.67. The fraction of sp³-hybridized carbons (Fsp3) is 0.250. The molecule has 13 heavy (non-hydrogen) atoms. The summed E-state index contributed by atoms with van der Waals surface area (Å²) in [6.45, 7) is 0. The van der Waals surface area contributed by atoms with Gasteiger partial charge < -0.3 is 0 Å². The third-order valence-corrected chi connectivity index (χ3v) is 2.48. The zero-order valence-corrected chi connectivity index (χ0v) is 8.64. The van der Waals surface area contributed by atoms with Crippen molar-refractivity contribution in [3.05, 3.63) is 29.2 Å². The second-order valence-corrected chi connectivity index (χ2v) is 3.93. The molecule has 0 N–H and O–H groups in total. The fourth-order valence-electron chi connectivity index (χ4n) is 1.14. The maximum absolute atomic E-state index is 5.86. The van der Waals surface area contributed by atoms with Gasteiger partial charge in [0.15, 0.2) is 5.65 Å². The van der Waals surface area contributed by atoms with Crippen LogP contribution in [0.1, 0.15) is 5.82 Å². The number of fused-ring (bicyclic) bond motifs is 1. The van der Waals surface area contributed by atoms with Crippen molar-refractivity contribution >= 4 is 29.0 Å². The van der Waals surface area contributed by atoms with Crippen LogP contribution >= 0.6 is 23.4 Å². The van der Waals surface area contributed by atoms with Crippen LogP contribution in [0.4, 0.5) is 0 Å². The van der Waals surface area contributed by atoms with Gasteiger partial charge in [0.1, 0.15) is 5.82 Å². The molecule has 0 aliphatic heterocycles. The van der Waals surface area contributed by atoms with E-state index in [-0.39, 0.29) is 0 Å². The predicted octanol–water partition coefficient (Wildman–Crippen LogP) is 2.25. The van der Waals surface area contributed by atoms with E-state index in [1.54, 1.807) is 11.8 Å². The van der Waals surface area contributed by atoms with Crippen molar-refractivity contribution in [1.82, 2.24) is 14.6 Å². The fourth-order valence-corrected chi connectivity index (χ4v) is 1.76. The SMILES string of the molecule is CSCc1nnc2ccc(Cl)cn12. The summed E-state index contributed by atoms with van der Waals surface area (Å²) in [5, 5.41) is 8.78. The monoisotopic (exact) mass is 213 g/mol. The average molecular weight is 214 g/mol. The van der Waals surface area contributed by atoms with Gasteiger partial charge in [-0.3, -0.25) is 4.40 Å². The zero-order chi connectivity index (χ0) is 9.26. The molecule has 0 bridgehead atoms. The minimum absolute atomic E-state index is 0.703. The van der Waals surface area contributed by atoms with Crippen molar-refractivity contribution in [1.29, 1.82) is 0 Å². The van der Waals surface area contributed by atoms with Crippen molar-refractivity contribution < 1.29 is 0 Å². The maximum atomic E-state index is 5.86. The molecular formula is C8H8ClN3S. The number of aromatic nitrogens is 3. The van der Waals surface area contributed by atoms with Gasteiger partial charge in [-0.15, -0.1) is 10.2 Å². The Kier molecular flexibility index (Phi) is 2.42. The maximum Gasteiger partial charge on any atom is 0.160 e. The lowest BCUT2D eigenvalue weighted by Crippen LogP contribution is -1.91. The molecule has 0 amide bonds. The van der Waals surface area contributed by atoms with Gasteiger partial charge in [0.2, 0.25) is 0 Å². The first-order chi connectivity index (χ1) is 6.31. The van der Waals surface area contributed by atoms with E-state index in [0.29, 0.717) is 5.02 Å². The summed E-state index contributed by atoms with van der Waals surface area (Å²) in [5.41, 5.74) is 0.841. The van der Waals surface area contributed by atoms with E-state index in [2.05, 4.69) is 10.2 Å². The molecule has 0 atom stereocenters. The van der Waals surface area contributed by atoms with Crippen molar-refractivity contribution in [2.45, 2.75) is 5.75 Å². The normalized spacial score (nSPS) is 10.9. The molecule has 2 heterocycles. The van der Waals surface area contributed by atoms with E-state index in [1.165, 1.54) is 0 Å². The first-order valence-electron chi connectivity index (χ1n) is 3.79. The lowest BCUT2D eigenvalue weighted by molar-refractivity contribution is 0.991. The smallest absolute Gasteiger partial charge is 0.160 e. The molecule has 0 aliphatic carbocycles. The molecule has 3 nitrogen and oxygen atoms in total. The van der Waals surface area contributed by atoms with Gasteiger partial charge in [-0.1, -0.05) is 11.6 Å². The minimum atomic E-state index is 0.703.